The Morgan fingerprint density at radius 1 is 1.25 bits per heavy atom. The number of hydrogen-bond acceptors (Lipinski definition) is 1. The second-order valence-electron chi connectivity index (χ2n) is 6.38. The molecule has 1 heteroatoms. The molecule has 1 saturated carbocycles. The number of rotatable bonds is 2. The van der Waals surface area contributed by atoms with Gasteiger partial charge in [0, 0.05) is 11.9 Å². The van der Waals surface area contributed by atoms with Gasteiger partial charge >= 0.3 is 0 Å². The Bertz CT molecular complexity index is 381. The molecule has 0 N–H and O–H groups in total. The zero-order chi connectivity index (χ0) is 11.9. The molecule has 1 fully saturated rings. The third-order valence-electron chi connectivity index (χ3n) is 3.38. The van der Waals surface area contributed by atoms with Crippen molar-refractivity contribution >= 4 is 0 Å². The van der Waals surface area contributed by atoms with E-state index in [1.165, 1.54) is 29.7 Å². The zero-order valence-corrected chi connectivity index (χ0v) is 11.2. The van der Waals surface area contributed by atoms with E-state index in [4.69, 9.17) is 4.98 Å². The molecular formula is C15H23N. The fraction of sp³-hybridized carbons (Fsp3) is 0.667. The normalized spacial score (nSPS) is 16.9. The number of pyridine rings is 1. The summed E-state index contributed by atoms with van der Waals surface area (Å²) < 4.78 is 0. The van der Waals surface area contributed by atoms with Crippen molar-refractivity contribution in [2.45, 2.75) is 64.7 Å². The van der Waals surface area contributed by atoms with Crippen molar-refractivity contribution in [3.63, 3.8) is 0 Å². The lowest BCUT2D eigenvalue weighted by Gasteiger charge is -2.21. The molecule has 0 unspecified atom stereocenters. The molecular weight excluding hydrogens is 194 g/mol. The summed E-state index contributed by atoms with van der Waals surface area (Å²) in [7, 11) is 0. The summed E-state index contributed by atoms with van der Waals surface area (Å²) in [6, 6.07) is 2.40. The van der Waals surface area contributed by atoms with Crippen molar-refractivity contribution < 1.29 is 0 Å². The topological polar surface area (TPSA) is 12.9 Å². The summed E-state index contributed by atoms with van der Waals surface area (Å²) >= 11 is 0. The van der Waals surface area contributed by atoms with Crippen LogP contribution in [0.5, 0.6) is 0 Å². The van der Waals surface area contributed by atoms with Gasteiger partial charge in [0.2, 0.25) is 0 Å². The van der Waals surface area contributed by atoms with Gasteiger partial charge in [0.15, 0.2) is 0 Å². The first kappa shape index (κ1) is 11.6. The smallest absolute Gasteiger partial charge is 0.0463 e. The largest absolute Gasteiger partial charge is 0.260 e. The van der Waals surface area contributed by atoms with Crippen LogP contribution in [0.25, 0.3) is 0 Å². The van der Waals surface area contributed by atoms with Crippen molar-refractivity contribution in [1.82, 2.24) is 4.98 Å². The molecule has 2 rings (SSSR count). The van der Waals surface area contributed by atoms with Gasteiger partial charge in [-0.1, -0.05) is 40.7 Å². The van der Waals surface area contributed by atoms with Crippen LogP contribution in [0, 0.1) is 0 Å². The number of nitrogens with zero attached hydrogens (tertiary/aromatic N) is 1. The molecule has 1 aromatic heterocycles. The first-order chi connectivity index (χ1) is 7.39. The van der Waals surface area contributed by atoms with E-state index in [1.807, 2.05) is 0 Å². The third kappa shape index (κ3) is 2.28. The minimum absolute atomic E-state index is 0.214. The lowest BCUT2D eigenvalue weighted by Crippen LogP contribution is -2.13. The van der Waals surface area contributed by atoms with E-state index >= 15 is 0 Å². The minimum Gasteiger partial charge on any atom is -0.260 e. The maximum absolute atomic E-state index is 4.71. The lowest BCUT2D eigenvalue weighted by molar-refractivity contribution is 0.584. The second-order valence-corrected chi connectivity index (χ2v) is 6.38. The van der Waals surface area contributed by atoms with Gasteiger partial charge in [-0.15, -0.1) is 0 Å². The highest BCUT2D eigenvalue weighted by Crippen LogP contribution is 2.43. The Morgan fingerprint density at radius 3 is 2.31 bits per heavy atom. The van der Waals surface area contributed by atoms with Crippen LogP contribution in [0.3, 0.4) is 0 Å². The molecule has 0 atom stereocenters. The van der Waals surface area contributed by atoms with Crippen molar-refractivity contribution in [3.05, 3.63) is 29.1 Å². The predicted molar refractivity (Wildman–Crippen MR) is 69.0 cm³/mol. The molecule has 0 bridgehead atoms. The van der Waals surface area contributed by atoms with Gasteiger partial charge in [0.25, 0.3) is 0 Å². The van der Waals surface area contributed by atoms with Gasteiger partial charge in [0.1, 0.15) is 0 Å². The SMILES string of the molecule is CC(C)c1ncc(C(C)(C)C)cc1C1CC1. The van der Waals surface area contributed by atoms with Crippen LogP contribution in [0.4, 0.5) is 0 Å². The van der Waals surface area contributed by atoms with Crippen LogP contribution in [-0.4, -0.2) is 4.98 Å². The second kappa shape index (κ2) is 3.87. The summed E-state index contributed by atoms with van der Waals surface area (Å²) in [5, 5.41) is 0. The lowest BCUT2D eigenvalue weighted by atomic mass is 9.86. The van der Waals surface area contributed by atoms with Crippen LogP contribution >= 0.6 is 0 Å². The molecule has 16 heavy (non-hydrogen) atoms. The Balaban J connectivity index is 2.44. The van der Waals surface area contributed by atoms with E-state index in [-0.39, 0.29) is 5.41 Å². The van der Waals surface area contributed by atoms with Crippen LogP contribution in [-0.2, 0) is 5.41 Å². The van der Waals surface area contributed by atoms with Gasteiger partial charge < -0.3 is 0 Å². The van der Waals surface area contributed by atoms with E-state index in [0.717, 1.165) is 5.92 Å². The third-order valence-corrected chi connectivity index (χ3v) is 3.38. The first-order valence-electron chi connectivity index (χ1n) is 6.40. The quantitative estimate of drug-likeness (QED) is 0.716. The van der Waals surface area contributed by atoms with E-state index in [1.54, 1.807) is 0 Å². The van der Waals surface area contributed by atoms with Crippen molar-refractivity contribution in [1.29, 1.82) is 0 Å². The molecule has 0 aliphatic heterocycles. The molecule has 0 amide bonds. The van der Waals surface area contributed by atoms with E-state index in [2.05, 4.69) is 46.9 Å². The fourth-order valence-corrected chi connectivity index (χ4v) is 2.11. The molecule has 1 heterocycles. The molecule has 0 spiro atoms. The number of aromatic nitrogens is 1. The molecule has 0 aromatic carbocycles. The monoisotopic (exact) mass is 217 g/mol. The van der Waals surface area contributed by atoms with Crippen LogP contribution in [0.2, 0.25) is 0 Å². The maximum Gasteiger partial charge on any atom is 0.0463 e. The summed E-state index contributed by atoms with van der Waals surface area (Å²) in [6.45, 7) is 11.3. The van der Waals surface area contributed by atoms with E-state index in [9.17, 15) is 0 Å². The van der Waals surface area contributed by atoms with Gasteiger partial charge in [-0.05, 0) is 41.2 Å². The van der Waals surface area contributed by atoms with Gasteiger partial charge in [-0.25, -0.2) is 0 Å². The highest BCUT2D eigenvalue weighted by Gasteiger charge is 2.29. The molecule has 1 aliphatic carbocycles. The van der Waals surface area contributed by atoms with Crippen molar-refractivity contribution in [3.8, 4) is 0 Å². The molecule has 88 valence electrons. The highest BCUT2D eigenvalue weighted by molar-refractivity contribution is 5.35. The Kier molecular flexibility index (Phi) is 2.81. The predicted octanol–water partition coefficient (Wildman–Crippen LogP) is 4.38. The van der Waals surface area contributed by atoms with Crippen LogP contribution in [0.1, 0.15) is 76.1 Å². The van der Waals surface area contributed by atoms with E-state index < -0.39 is 0 Å². The maximum atomic E-state index is 4.71. The summed E-state index contributed by atoms with van der Waals surface area (Å²) in [4.78, 5) is 4.71. The zero-order valence-electron chi connectivity index (χ0n) is 11.2. The van der Waals surface area contributed by atoms with Crippen molar-refractivity contribution in [2.24, 2.45) is 0 Å². The molecule has 0 radical (unpaired) electrons. The fourth-order valence-electron chi connectivity index (χ4n) is 2.11. The molecule has 1 aliphatic rings. The minimum atomic E-state index is 0.214. The van der Waals surface area contributed by atoms with E-state index in [0.29, 0.717) is 5.92 Å². The summed E-state index contributed by atoms with van der Waals surface area (Å²) in [5.41, 5.74) is 4.42. The van der Waals surface area contributed by atoms with Crippen molar-refractivity contribution in [2.75, 3.05) is 0 Å². The molecule has 1 nitrogen and oxygen atoms in total. The standard InChI is InChI=1S/C15H23N/c1-10(2)14-13(11-6-7-11)8-12(9-16-14)15(3,4)5/h8-11H,6-7H2,1-5H3. The Morgan fingerprint density at radius 2 is 1.88 bits per heavy atom. The Labute approximate surface area is 99.3 Å². The highest BCUT2D eigenvalue weighted by atomic mass is 14.7. The van der Waals surface area contributed by atoms with Gasteiger partial charge in [0.05, 0.1) is 0 Å². The Hall–Kier alpha value is -0.850. The van der Waals surface area contributed by atoms with Crippen LogP contribution < -0.4 is 0 Å². The molecule has 1 aromatic rings. The van der Waals surface area contributed by atoms with Gasteiger partial charge in [-0.2, -0.15) is 0 Å². The summed E-state index contributed by atoms with van der Waals surface area (Å²) in [6.07, 6.45) is 4.78. The summed E-state index contributed by atoms with van der Waals surface area (Å²) in [5.74, 6) is 1.34. The first-order valence-corrected chi connectivity index (χ1v) is 6.40. The van der Waals surface area contributed by atoms with Gasteiger partial charge in [-0.3, -0.25) is 4.98 Å². The number of hydrogen-bond donors (Lipinski definition) is 0. The average Bonchev–Trinajstić information content (AvgIpc) is 2.98. The van der Waals surface area contributed by atoms with Crippen LogP contribution in [0.15, 0.2) is 12.3 Å². The molecule has 0 saturated heterocycles. The average molecular weight is 217 g/mol.